The van der Waals surface area contributed by atoms with Gasteiger partial charge >= 0.3 is 0 Å². The van der Waals surface area contributed by atoms with Crippen LogP contribution in [0.3, 0.4) is 0 Å². The zero-order valence-electron chi connectivity index (χ0n) is 16.5. The van der Waals surface area contributed by atoms with Gasteiger partial charge in [0.25, 0.3) is 0 Å². The van der Waals surface area contributed by atoms with Gasteiger partial charge in [0.05, 0.1) is 12.8 Å². The monoisotopic (exact) mass is 471 g/mol. The average Bonchev–Trinajstić information content (AvgIpc) is 2.85. The fraction of sp³-hybridized carbons (Fsp3) is 0.474. The van der Waals surface area contributed by atoms with Crippen molar-refractivity contribution in [2.45, 2.75) is 39.8 Å². The third-order valence-electron chi connectivity index (χ3n) is 4.39. The molecule has 0 aliphatic rings. The Morgan fingerprint density at radius 1 is 1.27 bits per heavy atom. The maximum atomic E-state index is 5.18. The quantitative estimate of drug-likeness (QED) is 0.387. The molecule has 1 aromatic carbocycles. The van der Waals surface area contributed by atoms with Gasteiger partial charge in [-0.15, -0.1) is 24.0 Å². The van der Waals surface area contributed by atoms with E-state index in [1.807, 2.05) is 36.0 Å². The van der Waals surface area contributed by atoms with Crippen LogP contribution in [-0.4, -0.2) is 35.9 Å². The molecule has 1 aromatic heterocycles. The normalized spacial score (nSPS) is 12.3. The van der Waals surface area contributed by atoms with E-state index in [9.17, 15) is 0 Å². The van der Waals surface area contributed by atoms with Gasteiger partial charge in [-0.05, 0) is 50.5 Å². The molecule has 1 atom stereocenters. The van der Waals surface area contributed by atoms with Gasteiger partial charge in [0.2, 0.25) is 0 Å². The van der Waals surface area contributed by atoms with Gasteiger partial charge in [0, 0.05) is 32.4 Å². The Balaban J connectivity index is 0.00000338. The third-order valence-corrected chi connectivity index (χ3v) is 4.39. The van der Waals surface area contributed by atoms with Gasteiger partial charge in [-0.2, -0.15) is 5.10 Å². The number of nitrogens with one attached hydrogen (secondary N) is 2. The zero-order valence-corrected chi connectivity index (χ0v) is 18.8. The summed E-state index contributed by atoms with van der Waals surface area (Å²) in [5.41, 5.74) is 4.78. The van der Waals surface area contributed by atoms with Crippen LogP contribution in [0.2, 0.25) is 0 Å². The number of benzene rings is 1. The van der Waals surface area contributed by atoms with Crippen LogP contribution >= 0.6 is 24.0 Å². The summed E-state index contributed by atoms with van der Waals surface area (Å²) in [5.74, 6) is 1.66. The lowest BCUT2D eigenvalue weighted by atomic mass is 10.1. The highest BCUT2D eigenvalue weighted by Gasteiger charge is 2.13. The molecule has 0 spiro atoms. The minimum atomic E-state index is 0. The van der Waals surface area contributed by atoms with E-state index in [2.05, 4.69) is 41.5 Å². The fourth-order valence-corrected chi connectivity index (χ4v) is 2.83. The summed E-state index contributed by atoms with van der Waals surface area (Å²) in [7, 11) is 5.45. The first-order chi connectivity index (χ1) is 11.9. The molecule has 2 rings (SSSR count). The largest absolute Gasteiger partial charge is 0.497 e. The number of methoxy groups -OCH3 is 1. The Bertz CT molecular complexity index is 724. The standard InChI is InChI=1S/C19H29N5O.HI/c1-13(11-18-14(2)23-24(5)15(18)3)22-19(20-4)21-12-16-7-9-17(25-6)10-8-16;/h7-10,13H,11-12H2,1-6H3,(H2,20,21,22);1H. The van der Waals surface area contributed by atoms with Crippen molar-refractivity contribution in [3.05, 3.63) is 46.8 Å². The number of hydrogen-bond acceptors (Lipinski definition) is 3. The predicted molar refractivity (Wildman–Crippen MR) is 118 cm³/mol. The van der Waals surface area contributed by atoms with Gasteiger partial charge in [-0.25, -0.2) is 0 Å². The fourth-order valence-electron chi connectivity index (χ4n) is 2.83. The first-order valence-electron chi connectivity index (χ1n) is 8.53. The van der Waals surface area contributed by atoms with Crippen LogP contribution in [0.1, 0.15) is 29.4 Å². The van der Waals surface area contributed by atoms with Crippen molar-refractivity contribution in [2.24, 2.45) is 12.0 Å². The molecule has 7 heteroatoms. The summed E-state index contributed by atoms with van der Waals surface area (Å²) in [6, 6.07) is 8.27. The molecule has 6 nitrogen and oxygen atoms in total. The summed E-state index contributed by atoms with van der Waals surface area (Å²) in [5, 5.41) is 11.3. The third kappa shape index (κ3) is 5.89. The molecule has 0 saturated heterocycles. The van der Waals surface area contributed by atoms with Crippen LogP contribution in [0.5, 0.6) is 5.75 Å². The Hall–Kier alpha value is -1.77. The summed E-state index contributed by atoms with van der Waals surface area (Å²) < 4.78 is 7.12. The van der Waals surface area contributed by atoms with Crippen molar-refractivity contribution in [1.29, 1.82) is 0 Å². The number of halogens is 1. The maximum Gasteiger partial charge on any atom is 0.191 e. The Morgan fingerprint density at radius 3 is 2.42 bits per heavy atom. The number of nitrogens with zero attached hydrogens (tertiary/aromatic N) is 3. The van der Waals surface area contributed by atoms with Crippen molar-refractivity contribution in [1.82, 2.24) is 20.4 Å². The summed E-state index contributed by atoms with van der Waals surface area (Å²) in [4.78, 5) is 4.32. The van der Waals surface area contributed by atoms with Crippen molar-refractivity contribution >= 4 is 29.9 Å². The van der Waals surface area contributed by atoms with Gasteiger partial charge < -0.3 is 15.4 Å². The Kier molecular flexibility index (Phi) is 8.91. The molecule has 0 fully saturated rings. The summed E-state index contributed by atoms with van der Waals surface area (Å²) >= 11 is 0. The average molecular weight is 471 g/mol. The Morgan fingerprint density at radius 2 is 1.92 bits per heavy atom. The van der Waals surface area contributed by atoms with Crippen molar-refractivity contribution in [2.75, 3.05) is 14.2 Å². The molecule has 0 radical (unpaired) electrons. The number of aliphatic imine (C=N–C) groups is 1. The first-order valence-corrected chi connectivity index (χ1v) is 8.53. The zero-order chi connectivity index (χ0) is 18.4. The van der Waals surface area contributed by atoms with E-state index in [4.69, 9.17) is 4.74 Å². The molecule has 1 unspecified atom stereocenters. The molecule has 144 valence electrons. The number of rotatable bonds is 6. The highest BCUT2D eigenvalue weighted by molar-refractivity contribution is 14.0. The van der Waals surface area contributed by atoms with E-state index in [1.54, 1.807) is 14.2 Å². The minimum absolute atomic E-state index is 0. The Labute approximate surface area is 173 Å². The smallest absolute Gasteiger partial charge is 0.191 e. The molecular weight excluding hydrogens is 441 g/mol. The van der Waals surface area contributed by atoms with Crippen molar-refractivity contribution in [3.8, 4) is 5.75 Å². The lowest BCUT2D eigenvalue weighted by Gasteiger charge is -2.18. The number of aryl methyl sites for hydroxylation is 2. The van der Waals surface area contributed by atoms with Gasteiger partial charge in [0.15, 0.2) is 5.96 Å². The van der Waals surface area contributed by atoms with Crippen LogP contribution < -0.4 is 15.4 Å². The van der Waals surface area contributed by atoms with E-state index in [0.717, 1.165) is 23.8 Å². The molecule has 26 heavy (non-hydrogen) atoms. The van der Waals surface area contributed by atoms with E-state index in [-0.39, 0.29) is 30.0 Å². The molecule has 0 aliphatic carbocycles. The van der Waals surface area contributed by atoms with Crippen LogP contribution in [0.15, 0.2) is 29.3 Å². The van der Waals surface area contributed by atoms with Gasteiger partial charge in [0.1, 0.15) is 5.75 Å². The molecular formula is C19H30IN5O. The van der Waals surface area contributed by atoms with E-state index in [1.165, 1.54) is 16.8 Å². The number of guanidine groups is 1. The number of hydrogen-bond donors (Lipinski definition) is 2. The molecule has 0 bridgehead atoms. The summed E-state index contributed by atoms with van der Waals surface area (Å²) in [6.07, 6.45) is 0.911. The van der Waals surface area contributed by atoms with E-state index >= 15 is 0 Å². The van der Waals surface area contributed by atoms with E-state index < -0.39 is 0 Å². The summed E-state index contributed by atoms with van der Waals surface area (Å²) in [6.45, 7) is 7.04. The highest BCUT2D eigenvalue weighted by Crippen LogP contribution is 2.14. The second-order valence-corrected chi connectivity index (χ2v) is 6.30. The lowest BCUT2D eigenvalue weighted by molar-refractivity contribution is 0.414. The topological polar surface area (TPSA) is 63.5 Å². The second-order valence-electron chi connectivity index (χ2n) is 6.30. The SMILES string of the molecule is CN=C(NCc1ccc(OC)cc1)NC(C)Cc1c(C)nn(C)c1C.I. The predicted octanol–water partition coefficient (Wildman–Crippen LogP) is 2.96. The molecule has 0 saturated carbocycles. The number of ether oxygens (including phenoxy) is 1. The van der Waals surface area contributed by atoms with Crippen LogP contribution in [-0.2, 0) is 20.0 Å². The van der Waals surface area contributed by atoms with Crippen LogP contribution in [0, 0.1) is 13.8 Å². The maximum absolute atomic E-state index is 5.18. The molecule has 2 aromatic rings. The lowest BCUT2D eigenvalue weighted by Crippen LogP contribution is -2.42. The van der Waals surface area contributed by atoms with Crippen LogP contribution in [0.4, 0.5) is 0 Å². The minimum Gasteiger partial charge on any atom is -0.497 e. The number of aromatic nitrogens is 2. The van der Waals surface area contributed by atoms with Crippen molar-refractivity contribution < 1.29 is 4.74 Å². The molecule has 0 amide bonds. The van der Waals surface area contributed by atoms with E-state index in [0.29, 0.717) is 6.54 Å². The molecule has 0 aliphatic heterocycles. The highest BCUT2D eigenvalue weighted by atomic mass is 127. The first kappa shape index (κ1) is 22.3. The second kappa shape index (κ2) is 10.4. The van der Waals surface area contributed by atoms with Crippen LogP contribution in [0.25, 0.3) is 0 Å². The van der Waals surface area contributed by atoms with Gasteiger partial charge in [-0.1, -0.05) is 12.1 Å². The van der Waals surface area contributed by atoms with Gasteiger partial charge in [-0.3, -0.25) is 9.67 Å². The van der Waals surface area contributed by atoms with Crippen molar-refractivity contribution in [3.63, 3.8) is 0 Å². The molecule has 1 heterocycles. The molecule has 2 N–H and O–H groups in total.